The molecule has 0 atom stereocenters. The highest BCUT2D eigenvalue weighted by Gasteiger charge is 2.19. The molecule has 41 heavy (non-hydrogen) atoms. The van der Waals surface area contributed by atoms with E-state index >= 15 is 0 Å². The fraction of sp³-hybridized carbons (Fsp3) is 0. The Morgan fingerprint density at radius 2 is 1.10 bits per heavy atom. The van der Waals surface area contributed by atoms with Crippen molar-refractivity contribution < 1.29 is 37.3 Å². The Morgan fingerprint density at radius 1 is 0.390 bits per heavy atom. The summed E-state index contributed by atoms with van der Waals surface area (Å²) in [5, 5.41) is -5.48. The normalized spacial score (nSPS) is 20.1. The van der Waals surface area contributed by atoms with E-state index in [0.29, 0.717) is 0 Å². The molecule has 0 spiro atoms. The van der Waals surface area contributed by atoms with Gasteiger partial charge in [-0.3, -0.25) is 0 Å². The molecule has 1 aromatic heterocycles. The summed E-state index contributed by atoms with van der Waals surface area (Å²) >= 11 is 0. The molecule has 0 aliphatic rings. The number of hydrogen-bond acceptors (Lipinski definition) is 1. The van der Waals surface area contributed by atoms with E-state index in [0.717, 1.165) is 0 Å². The predicted molar refractivity (Wildman–Crippen MR) is 175 cm³/mol. The van der Waals surface area contributed by atoms with Gasteiger partial charge in [-0.25, -0.2) is 0 Å². The first-order chi connectivity index (χ1) is 30.3. The van der Waals surface area contributed by atoms with E-state index in [2.05, 4.69) is 0 Å². The molecule has 0 fully saturated rings. The van der Waals surface area contributed by atoms with Gasteiger partial charge in [0, 0.05) is 10.8 Å². The zero-order valence-corrected chi connectivity index (χ0v) is 20.4. The number of fused-ring (bicyclic) bond motifs is 8. The number of hydrogen-bond donors (Lipinski definition) is 0. The first-order valence-corrected chi connectivity index (χ1v) is 12.2. The monoisotopic (exact) mass is 544 g/mol. The zero-order chi connectivity index (χ0) is 47.8. The minimum atomic E-state index is -0.917. The Labute approximate surface area is 270 Å². The van der Waals surface area contributed by atoms with Crippen LogP contribution in [0.1, 0.15) is 32.9 Å². The highest BCUT2D eigenvalue weighted by Crippen LogP contribution is 2.45. The SMILES string of the molecule is [2H]c1c([2H])c([2H])c(-c2c([2H])c([2H])c([2H])c3c([2H])c4oc5c([2H])c([2H])c([2H])c(-c6c7c([2H])c([2H])c([2H])c([2H])c7c([2H])c7c6c([2H])c([2H])c6c([2H])c([2H])c([2H])c([2H])c67)c5c4c([2H])c23)c([2H])c1[2H]. The molecule has 0 unspecified atom stereocenters. The minimum Gasteiger partial charge on any atom is -0.456 e. The Bertz CT molecular complexity index is 3790. The lowest BCUT2D eigenvalue weighted by atomic mass is 9.88. The third-order valence-corrected chi connectivity index (χ3v) is 6.82. The van der Waals surface area contributed by atoms with Crippen LogP contribution >= 0.6 is 0 Å². The maximum absolute atomic E-state index is 9.81. The van der Waals surface area contributed by atoms with Crippen LogP contribution < -0.4 is 0 Å². The summed E-state index contributed by atoms with van der Waals surface area (Å²) in [4.78, 5) is 0. The van der Waals surface area contributed by atoms with Crippen LogP contribution in [0.25, 0.3) is 87.3 Å². The number of benzene rings is 8. The van der Waals surface area contributed by atoms with Crippen LogP contribution in [0.5, 0.6) is 0 Å². The van der Waals surface area contributed by atoms with Crippen LogP contribution in [0.15, 0.2) is 149 Å². The molecule has 1 nitrogen and oxygen atoms in total. The van der Waals surface area contributed by atoms with Crippen molar-refractivity contribution in [2.24, 2.45) is 0 Å². The lowest BCUT2D eigenvalue weighted by Gasteiger charge is -2.15. The number of rotatable bonds is 2. The second-order valence-corrected chi connectivity index (χ2v) is 9.01. The van der Waals surface area contributed by atoms with Gasteiger partial charge in [-0.1, -0.05) is 121 Å². The Balaban J connectivity index is 1.67. The molecule has 9 aromatic rings. The van der Waals surface area contributed by atoms with Crippen molar-refractivity contribution in [3.05, 3.63) is 145 Å². The molecule has 0 radical (unpaired) electrons. The molecule has 0 saturated heterocycles. The molecular formula is C40H24O. The third-order valence-electron chi connectivity index (χ3n) is 6.82. The maximum Gasteiger partial charge on any atom is 0.136 e. The summed E-state index contributed by atoms with van der Waals surface area (Å²) in [7, 11) is 0. The molecule has 0 saturated carbocycles. The van der Waals surface area contributed by atoms with Gasteiger partial charge in [0.05, 0.1) is 32.9 Å². The molecule has 0 amide bonds. The van der Waals surface area contributed by atoms with E-state index in [1.54, 1.807) is 0 Å². The van der Waals surface area contributed by atoms with E-state index in [1.165, 1.54) is 0 Å². The lowest BCUT2D eigenvalue weighted by Crippen LogP contribution is -1.88. The van der Waals surface area contributed by atoms with Crippen molar-refractivity contribution in [3.8, 4) is 22.3 Å². The van der Waals surface area contributed by atoms with E-state index in [1.807, 2.05) is 0 Å². The molecule has 9 rings (SSSR count). The van der Waals surface area contributed by atoms with Crippen molar-refractivity contribution in [1.29, 1.82) is 0 Å². The lowest BCUT2D eigenvalue weighted by molar-refractivity contribution is 0.669. The first-order valence-electron chi connectivity index (χ1n) is 24.2. The van der Waals surface area contributed by atoms with Gasteiger partial charge in [-0.05, 0) is 89.5 Å². The third kappa shape index (κ3) is 3.30. The van der Waals surface area contributed by atoms with Crippen LogP contribution in [-0.2, 0) is 0 Å². The van der Waals surface area contributed by atoms with Gasteiger partial charge < -0.3 is 4.42 Å². The van der Waals surface area contributed by atoms with Gasteiger partial charge in [0.25, 0.3) is 0 Å². The molecule has 8 aromatic carbocycles. The van der Waals surface area contributed by atoms with Gasteiger partial charge in [0.15, 0.2) is 0 Å². The van der Waals surface area contributed by atoms with E-state index in [9.17, 15) is 8.22 Å². The Kier molecular flexibility index (Phi) is 1.94. The van der Waals surface area contributed by atoms with E-state index in [4.69, 9.17) is 29.1 Å². The smallest absolute Gasteiger partial charge is 0.136 e. The topological polar surface area (TPSA) is 13.1 Å². The van der Waals surface area contributed by atoms with Gasteiger partial charge in [0.1, 0.15) is 11.2 Å². The first kappa shape index (κ1) is 9.33. The molecule has 0 N–H and O–H groups in total. The van der Waals surface area contributed by atoms with Gasteiger partial charge in [0.2, 0.25) is 0 Å². The van der Waals surface area contributed by atoms with Crippen LogP contribution in [0.4, 0.5) is 0 Å². The van der Waals surface area contributed by atoms with Crippen molar-refractivity contribution >= 4 is 65.0 Å². The van der Waals surface area contributed by atoms with Gasteiger partial charge >= 0.3 is 0 Å². The fourth-order valence-corrected chi connectivity index (χ4v) is 5.10. The molecular weight excluding hydrogens is 496 g/mol. The Hall–Kier alpha value is -5.40. The van der Waals surface area contributed by atoms with Crippen molar-refractivity contribution in [1.82, 2.24) is 0 Å². The summed E-state index contributed by atoms with van der Waals surface area (Å²) in [6.07, 6.45) is 0. The Morgan fingerprint density at radius 3 is 2.00 bits per heavy atom. The summed E-state index contributed by atoms with van der Waals surface area (Å²) in [5.74, 6) is 0. The average Bonchev–Trinajstić information content (AvgIpc) is 3.68. The standard InChI is InChI=1S/C40H24O/c1-2-10-25(11-3-1)29-17-8-14-28-23-38-36(24-34(28)29)40-33(18-9-19-37(40)41-38)39-31-16-7-5-13-27(31)22-35-30-15-6-4-12-26(30)20-21-32(35)39/h1-24H/i1D,2D,3D,4D,5D,6D,7D,8D,9D,10D,11D,12D,13D,14D,15D,16D,17D,18D,19D,20D,21D,22D,23D,24D. The minimum absolute atomic E-state index is 0.503. The summed E-state index contributed by atoms with van der Waals surface area (Å²) in [6, 6.07) is -20.1. The van der Waals surface area contributed by atoms with Gasteiger partial charge in [-0.2, -0.15) is 0 Å². The zero-order valence-electron chi connectivity index (χ0n) is 44.4. The molecule has 1 heterocycles. The predicted octanol–water partition coefficient (Wildman–Crippen LogP) is 11.5. The van der Waals surface area contributed by atoms with Crippen LogP contribution in [0, 0.1) is 0 Å². The van der Waals surface area contributed by atoms with E-state index in [-0.39, 0.29) is 0 Å². The van der Waals surface area contributed by atoms with Crippen molar-refractivity contribution in [2.75, 3.05) is 0 Å². The second kappa shape index (κ2) is 8.55. The average molecular weight is 545 g/mol. The van der Waals surface area contributed by atoms with Crippen LogP contribution in [0.2, 0.25) is 0 Å². The molecule has 0 aliphatic carbocycles. The van der Waals surface area contributed by atoms with Crippen molar-refractivity contribution in [3.63, 3.8) is 0 Å². The highest BCUT2D eigenvalue weighted by molar-refractivity contribution is 6.25. The summed E-state index contributed by atoms with van der Waals surface area (Å²) in [6.45, 7) is 0. The van der Waals surface area contributed by atoms with E-state index < -0.39 is 232 Å². The summed E-state index contributed by atoms with van der Waals surface area (Å²) < 4.78 is 220. The molecule has 1 heteroatoms. The maximum atomic E-state index is 9.81. The fourth-order valence-electron chi connectivity index (χ4n) is 5.10. The molecule has 0 bridgehead atoms. The highest BCUT2D eigenvalue weighted by atomic mass is 16.3. The van der Waals surface area contributed by atoms with Gasteiger partial charge in [-0.15, -0.1) is 0 Å². The van der Waals surface area contributed by atoms with Crippen LogP contribution in [-0.4, -0.2) is 0 Å². The van der Waals surface area contributed by atoms with Crippen molar-refractivity contribution in [2.45, 2.75) is 0 Å². The van der Waals surface area contributed by atoms with Crippen LogP contribution in [0.3, 0.4) is 0 Å². The molecule has 190 valence electrons. The summed E-state index contributed by atoms with van der Waals surface area (Å²) in [5.41, 5.74) is -3.78. The quantitative estimate of drug-likeness (QED) is 0.156. The molecule has 0 aliphatic heterocycles. The number of furan rings is 1. The second-order valence-electron chi connectivity index (χ2n) is 9.01. The largest absolute Gasteiger partial charge is 0.456 e.